The molecule has 25 heavy (non-hydrogen) atoms. The van der Waals surface area contributed by atoms with Crippen LogP contribution in [-0.2, 0) is 4.79 Å². The fraction of sp³-hybridized carbons (Fsp3) is 0.0556. The van der Waals surface area contributed by atoms with Crippen LogP contribution in [0.3, 0.4) is 0 Å². The van der Waals surface area contributed by atoms with Crippen LogP contribution in [0.5, 0.6) is 0 Å². The number of hydrogen-bond donors (Lipinski definition) is 1. The molecule has 1 atom stereocenters. The van der Waals surface area contributed by atoms with E-state index in [-0.39, 0.29) is 0 Å². The zero-order valence-electron chi connectivity index (χ0n) is 12.7. The largest absolute Gasteiger partial charge is 0.480 e. The van der Waals surface area contributed by atoms with E-state index < -0.39 is 11.2 Å². The number of carbonyl (C=O) groups is 1. The number of fused-ring (bicyclic) bond motifs is 3. The van der Waals surface area contributed by atoms with Crippen molar-refractivity contribution in [3.63, 3.8) is 0 Å². The van der Waals surface area contributed by atoms with Gasteiger partial charge in [-0.3, -0.25) is 9.78 Å². The van der Waals surface area contributed by atoms with E-state index in [9.17, 15) is 9.90 Å². The molecule has 4 aromatic rings. The van der Waals surface area contributed by atoms with Crippen molar-refractivity contribution in [1.29, 1.82) is 0 Å². The third kappa shape index (κ3) is 3.08. The molecule has 0 aliphatic rings. The second-order valence-electron chi connectivity index (χ2n) is 5.33. The molecule has 0 fully saturated rings. The fourth-order valence-electron chi connectivity index (χ4n) is 2.61. The summed E-state index contributed by atoms with van der Waals surface area (Å²) in [6.45, 7) is 0. The highest BCUT2D eigenvalue weighted by atomic mass is 35.5. The van der Waals surface area contributed by atoms with Gasteiger partial charge in [-0.05, 0) is 23.8 Å². The number of benzene rings is 2. The number of halogens is 1. The molecule has 0 amide bonds. The van der Waals surface area contributed by atoms with E-state index in [1.54, 1.807) is 6.20 Å². The molecule has 2 aromatic heterocycles. The topological polar surface area (TPSA) is 63.1 Å². The first-order valence-electron chi connectivity index (χ1n) is 7.41. The highest BCUT2D eigenvalue weighted by Crippen LogP contribution is 2.41. The first kappa shape index (κ1) is 16.3. The van der Waals surface area contributed by atoms with Gasteiger partial charge in [-0.25, -0.2) is 4.98 Å². The smallest absolute Gasteiger partial charge is 0.321 e. The van der Waals surface area contributed by atoms with Gasteiger partial charge in [-0.2, -0.15) is 0 Å². The first-order chi connectivity index (χ1) is 12.1. The van der Waals surface area contributed by atoms with Crippen LogP contribution in [-0.4, -0.2) is 21.0 Å². The molecule has 0 radical (unpaired) electrons. The number of carboxylic acids is 1. The molecule has 0 bridgehead atoms. The average molecular weight is 387 g/mol. The summed E-state index contributed by atoms with van der Waals surface area (Å²) < 4.78 is 1.61. The van der Waals surface area contributed by atoms with Crippen molar-refractivity contribution in [2.24, 2.45) is 0 Å². The highest BCUT2D eigenvalue weighted by molar-refractivity contribution is 8.02. The molecule has 0 aliphatic heterocycles. The van der Waals surface area contributed by atoms with Crippen molar-refractivity contribution in [3.8, 4) is 0 Å². The molecule has 124 valence electrons. The predicted octanol–water partition coefficient (Wildman–Crippen LogP) is 5.42. The number of nitrogens with zero attached hydrogens (tertiary/aromatic N) is 2. The van der Waals surface area contributed by atoms with E-state index in [0.717, 1.165) is 21.2 Å². The Balaban J connectivity index is 1.79. The van der Waals surface area contributed by atoms with Gasteiger partial charge in [0.05, 0.1) is 20.8 Å². The van der Waals surface area contributed by atoms with E-state index in [2.05, 4.69) is 9.97 Å². The number of thioether (sulfide) groups is 1. The van der Waals surface area contributed by atoms with Crippen LogP contribution < -0.4 is 0 Å². The summed E-state index contributed by atoms with van der Waals surface area (Å²) in [6, 6.07) is 14.8. The summed E-state index contributed by atoms with van der Waals surface area (Å²) in [6.07, 6.45) is 1.69. The van der Waals surface area contributed by atoms with E-state index >= 15 is 0 Å². The van der Waals surface area contributed by atoms with Crippen LogP contribution in [0.15, 0.2) is 59.1 Å². The van der Waals surface area contributed by atoms with E-state index in [1.807, 2.05) is 48.5 Å². The summed E-state index contributed by atoms with van der Waals surface area (Å²) in [5.74, 6) is -0.889. The van der Waals surface area contributed by atoms with Gasteiger partial charge in [0.1, 0.15) is 5.25 Å². The number of pyridine rings is 1. The van der Waals surface area contributed by atoms with E-state index in [0.29, 0.717) is 14.9 Å². The van der Waals surface area contributed by atoms with Gasteiger partial charge < -0.3 is 5.11 Å². The lowest BCUT2D eigenvalue weighted by molar-refractivity contribution is -0.136. The van der Waals surface area contributed by atoms with Crippen LogP contribution in [0.4, 0.5) is 0 Å². The maximum Gasteiger partial charge on any atom is 0.321 e. The van der Waals surface area contributed by atoms with Crippen molar-refractivity contribution >= 4 is 61.8 Å². The Morgan fingerprint density at radius 3 is 2.72 bits per heavy atom. The van der Waals surface area contributed by atoms with Gasteiger partial charge in [0, 0.05) is 11.6 Å². The van der Waals surface area contributed by atoms with E-state index in [1.165, 1.54) is 23.1 Å². The number of hydrogen-bond acceptors (Lipinski definition) is 5. The molecule has 0 aliphatic carbocycles. The number of rotatable bonds is 4. The summed E-state index contributed by atoms with van der Waals surface area (Å²) in [5.41, 5.74) is 2.25. The molecular formula is C18H11ClN2O2S2. The highest BCUT2D eigenvalue weighted by Gasteiger charge is 2.23. The van der Waals surface area contributed by atoms with Crippen LogP contribution in [0.2, 0.25) is 5.02 Å². The van der Waals surface area contributed by atoms with Gasteiger partial charge in [0.25, 0.3) is 0 Å². The monoisotopic (exact) mass is 386 g/mol. The van der Waals surface area contributed by atoms with Gasteiger partial charge in [-0.15, -0.1) is 11.3 Å². The molecule has 2 aromatic carbocycles. The summed E-state index contributed by atoms with van der Waals surface area (Å²) in [7, 11) is 0. The number of thiazole rings is 1. The lowest BCUT2D eigenvalue weighted by atomic mass is 10.1. The molecule has 1 N–H and O–H groups in total. The van der Waals surface area contributed by atoms with E-state index in [4.69, 9.17) is 11.6 Å². The standard InChI is InChI=1S/C18H11ClN2O2S2/c19-12-9-13-15(11-7-4-8-20-14(11)12)21-18(24-13)25-16(17(22)23)10-5-2-1-3-6-10/h1-9,16H,(H,22,23). The Kier molecular flexibility index (Phi) is 4.33. The molecule has 7 heteroatoms. The molecular weight excluding hydrogens is 376 g/mol. The number of aliphatic carboxylic acids is 1. The molecule has 1 unspecified atom stereocenters. The molecule has 0 spiro atoms. The number of aromatic nitrogens is 2. The third-order valence-corrected chi connectivity index (χ3v) is 6.35. The van der Waals surface area contributed by atoms with Gasteiger partial charge >= 0.3 is 5.97 Å². The fourth-order valence-corrected chi connectivity index (χ4v) is 5.18. The molecule has 0 saturated carbocycles. The van der Waals surface area contributed by atoms with Crippen molar-refractivity contribution in [3.05, 3.63) is 65.3 Å². The lowest BCUT2D eigenvalue weighted by Gasteiger charge is -2.09. The Bertz CT molecular complexity index is 1080. The number of carboxylic acid groups (broad SMARTS) is 1. The Morgan fingerprint density at radius 2 is 1.96 bits per heavy atom. The molecule has 4 rings (SSSR count). The van der Waals surface area contributed by atoms with Crippen molar-refractivity contribution in [1.82, 2.24) is 9.97 Å². The predicted molar refractivity (Wildman–Crippen MR) is 103 cm³/mol. The summed E-state index contributed by atoms with van der Waals surface area (Å²) in [4.78, 5) is 20.7. The van der Waals surface area contributed by atoms with Crippen LogP contribution in [0, 0.1) is 0 Å². The molecule has 4 nitrogen and oxygen atoms in total. The maximum atomic E-state index is 11.7. The van der Waals surface area contributed by atoms with Crippen LogP contribution in [0.1, 0.15) is 10.8 Å². The average Bonchev–Trinajstić information content (AvgIpc) is 3.03. The Morgan fingerprint density at radius 1 is 1.16 bits per heavy atom. The lowest BCUT2D eigenvalue weighted by Crippen LogP contribution is -2.07. The van der Waals surface area contributed by atoms with Crippen molar-refractivity contribution < 1.29 is 9.90 Å². The summed E-state index contributed by atoms with van der Waals surface area (Å²) >= 11 is 8.99. The quantitative estimate of drug-likeness (QED) is 0.475. The minimum Gasteiger partial charge on any atom is -0.480 e. The van der Waals surface area contributed by atoms with Gasteiger partial charge in [0.2, 0.25) is 0 Å². The summed E-state index contributed by atoms with van der Waals surface area (Å²) in [5, 5.41) is 10.3. The molecule has 0 saturated heterocycles. The van der Waals surface area contributed by atoms with Crippen molar-refractivity contribution in [2.45, 2.75) is 9.59 Å². The zero-order chi connectivity index (χ0) is 17.4. The normalized spacial score (nSPS) is 12.5. The van der Waals surface area contributed by atoms with Crippen LogP contribution >= 0.6 is 34.7 Å². The third-order valence-electron chi connectivity index (χ3n) is 3.73. The molecule has 2 heterocycles. The Hall–Kier alpha value is -2.15. The van der Waals surface area contributed by atoms with Crippen molar-refractivity contribution in [2.75, 3.05) is 0 Å². The Labute approximate surface area is 156 Å². The van der Waals surface area contributed by atoms with Crippen LogP contribution in [0.25, 0.3) is 21.1 Å². The zero-order valence-corrected chi connectivity index (χ0v) is 15.1. The second kappa shape index (κ2) is 6.63. The maximum absolute atomic E-state index is 11.7. The minimum atomic E-state index is -0.889. The first-order valence-corrected chi connectivity index (χ1v) is 9.49. The SMILES string of the molecule is O=C(O)C(Sc1nc2c(cc(Cl)c3ncccc32)s1)c1ccccc1. The minimum absolute atomic E-state index is 0.571. The van der Waals surface area contributed by atoms with Gasteiger partial charge in [-0.1, -0.05) is 53.7 Å². The second-order valence-corrected chi connectivity index (χ2v) is 8.12. The van der Waals surface area contributed by atoms with Gasteiger partial charge in [0.15, 0.2) is 4.34 Å².